The van der Waals surface area contributed by atoms with Crippen molar-refractivity contribution < 1.29 is 4.42 Å². The van der Waals surface area contributed by atoms with E-state index in [9.17, 15) is 0 Å². The largest absolute Gasteiger partial charge is 0.455 e. The van der Waals surface area contributed by atoms with Crippen LogP contribution < -0.4 is 27.3 Å². The summed E-state index contributed by atoms with van der Waals surface area (Å²) >= 11 is 0. The van der Waals surface area contributed by atoms with Crippen LogP contribution in [0.5, 0.6) is 0 Å². The van der Waals surface area contributed by atoms with Crippen molar-refractivity contribution >= 4 is 110 Å². The molecule has 0 aliphatic heterocycles. The molecule has 0 aliphatic carbocycles. The maximum atomic E-state index is 6.77. The lowest BCUT2D eigenvalue weighted by Crippen LogP contribution is -2.55. The Morgan fingerprint density at radius 3 is 1.69 bits per heavy atom. The molecule has 0 spiro atoms. The Morgan fingerprint density at radius 1 is 0.436 bits per heavy atom. The lowest BCUT2D eigenvalue weighted by Gasteiger charge is -2.21. The summed E-state index contributed by atoms with van der Waals surface area (Å²) in [7, 11) is 31.8. The van der Waals surface area contributed by atoms with Gasteiger partial charge in [-0.2, -0.15) is 0 Å². The van der Waals surface area contributed by atoms with Crippen LogP contribution in [0.1, 0.15) is 0 Å². The average Bonchev–Trinajstić information content (AvgIpc) is 3.78. The van der Waals surface area contributed by atoms with Gasteiger partial charge in [0.05, 0.1) is 27.7 Å². The third-order valence-electron chi connectivity index (χ3n) is 10.3. The van der Waals surface area contributed by atoms with Crippen LogP contribution in [0.4, 0.5) is 0 Å². The summed E-state index contributed by atoms with van der Waals surface area (Å²) in [5, 5.41) is 3.98. The average molecular weight is 690 g/mol. The van der Waals surface area contributed by atoms with Gasteiger partial charge in [-0.25, -0.2) is 15.0 Å². The summed E-state index contributed by atoms with van der Waals surface area (Å²) in [6.07, 6.45) is 0. The molecule has 10 rings (SSSR count). The Kier molecular flexibility index (Phi) is 7.70. The van der Waals surface area contributed by atoms with E-state index in [1.807, 2.05) is 103 Å². The SMILES string of the molecule is [B]c1c([B])c([B])c(-c2ccc3c4ccccc4n(-c4cccc5oc6c(-c7nc(-c8ccccc8)nc(-c8ccccc8)n7)cccc6c45)c3c2)c([B])c1[B]. The predicted octanol–water partition coefficient (Wildman–Crippen LogP) is 5.51. The Morgan fingerprint density at radius 2 is 1.00 bits per heavy atom. The van der Waals surface area contributed by atoms with Crippen LogP contribution in [-0.2, 0) is 0 Å². The highest BCUT2D eigenvalue weighted by molar-refractivity contribution is 6.68. The molecule has 7 aromatic carbocycles. The molecule has 0 fully saturated rings. The van der Waals surface area contributed by atoms with E-state index in [1.54, 1.807) is 0 Å². The maximum absolute atomic E-state index is 6.77. The first-order valence-corrected chi connectivity index (χ1v) is 17.7. The molecule has 3 heterocycles. The van der Waals surface area contributed by atoms with Gasteiger partial charge in [-0.15, -0.1) is 16.4 Å². The molecule has 5 nitrogen and oxygen atoms in total. The number of hydrogen-bond acceptors (Lipinski definition) is 4. The van der Waals surface area contributed by atoms with Crippen molar-refractivity contribution in [3.63, 3.8) is 0 Å². The smallest absolute Gasteiger partial charge is 0.167 e. The van der Waals surface area contributed by atoms with Gasteiger partial charge in [0, 0.05) is 27.3 Å². The number of hydrogen-bond donors (Lipinski definition) is 0. The molecular weight excluding hydrogens is 667 g/mol. The molecule has 0 bridgehead atoms. The first kappa shape index (κ1) is 33.1. The van der Waals surface area contributed by atoms with E-state index >= 15 is 0 Å². The van der Waals surface area contributed by atoms with E-state index in [0.29, 0.717) is 28.6 Å². The molecule has 0 atom stereocenters. The second-order valence-corrected chi connectivity index (χ2v) is 13.5. The van der Waals surface area contributed by atoms with Crippen LogP contribution in [0.3, 0.4) is 0 Å². The zero-order valence-corrected chi connectivity index (χ0v) is 29.4. The van der Waals surface area contributed by atoms with Crippen molar-refractivity contribution in [3.8, 4) is 51.0 Å². The normalized spacial score (nSPS) is 11.6. The summed E-state index contributed by atoms with van der Waals surface area (Å²) in [5.74, 6) is 1.66. The third-order valence-corrected chi connectivity index (χ3v) is 10.3. The molecule has 0 N–H and O–H groups in total. The highest BCUT2D eigenvalue weighted by Crippen LogP contribution is 2.41. The fourth-order valence-corrected chi connectivity index (χ4v) is 7.67. The van der Waals surface area contributed by atoms with Crippen molar-refractivity contribution in [1.29, 1.82) is 0 Å². The van der Waals surface area contributed by atoms with Gasteiger partial charge in [0.25, 0.3) is 0 Å². The van der Waals surface area contributed by atoms with Crippen LogP contribution in [0.2, 0.25) is 0 Å². The molecule has 10 heteroatoms. The van der Waals surface area contributed by atoms with Crippen molar-refractivity contribution in [2.24, 2.45) is 0 Å². The summed E-state index contributed by atoms with van der Waals surface area (Å²) in [4.78, 5) is 14.9. The van der Waals surface area contributed by atoms with E-state index in [1.165, 1.54) is 0 Å². The van der Waals surface area contributed by atoms with Gasteiger partial charge in [-0.1, -0.05) is 120 Å². The molecule has 0 unspecified atom stereocenters. The van der Waals surface area contributed by atoms with Crippen molar-refractivity contribution in [2.75, 3.05) is 0 Å². The number of rotatable bonds is 5. The van der Waals surface area contributed by atoms with Crippen LogP contribution in [0.15, 0.2) is 144 Å². The number of para-hydroxylation sites is 2. The molecule has 0 aliphatic rings. The van der Waals surface area contributed by atoms with Crippen LogP contribution in [-0.4, -0.2) is 58.8 Å². The Hall–Kier alpha value is -6.53. The van der Waals surface area contributed by atoms with Crippen molar-refractivity contribution in [3.05, 3.63) is 140 Å². The summed E-state index contributed by atoms with van der Waals surface area (Å²) in [6, 6.07) is 46.5. The minimum atomic E-state index is 0.177. The van der Waals surface area contributed by atoms with E-state index in [-0.39, 0.29) is 27.3 Å². The first-order chi connectivity index (χ1) is 26.9. The minimum Gasteiger partial charge on any atom is -0.455 e. The second-order valence-electron chi connectivity index (χ2n) is 13.5. The van der Waals surface area contributed by atoms with Gasteiger partial charge in [0.1, 0.15) is 50.4 Å². The maximum Gasteiger partial charge on any atom is 0.167 e. The molecule has 0 saturated carbocycles. The molecule has 244 valence electrons. The van der Waals surface area contributed by atoms with Crippen molar-refractivity contribution in [1.82, 2.24) is 19.5 Å². The van der Waals surface area contributed by atoms with Crippen LogP contribution >= 0.6 is 0 Å². The Bertz CT molecular complexity index is 3070. The van der Waals surface area contributed by atoms with Gasteiger partial charge in [0.15, 0.2) is 17.5 Å². The molecule has 55 heavy (non-hydrogen) atoms. The van der Waals surface area contributed by atoms with E-state index in [0.717, 1.165) is 66.1 Å². The minimum absolute atomic E-state index is 0.177. The number of benzene rings is 7. The first-order valence-electron chi connectivity index (χ1n) is 17.7. The summed E-state index contributed by atoms with van der Waals surface area (Å²) in [5.41, 5.74) is 9.26. The molecule has 3 aromatic heterocycles. The number of furan rings is 1. The second kappa shape index (κ2) is 12.8. The van der Waals surface area contributed by atoms with Crippen LogP contribution in [0, 0.1) is 0 Å². The quantitative estimate of drug-likeness (QED) is 0.224. The zero-order chi connectivity index (χ0) is 37.4. The van der Waals surface area contributed by atoms with Crippen molar-refractivity contribution in [2.45, 2.75) is 0 Å². The van der Waals surface area contributed by atoms with E-state index in [4.69, 9.17) is 58.6 Å². The molecule has 10 aromatic rings. The highest BCUT2D eigenvalue weighted by atomic mass is 16.3. The molecule has 0 saturated heterocycles. The summed E-state index contributed by atoms with van der Waals surface area (Å²) < 4.78 is 9.02. The molecule has 10 radical (unpaired) electrons. The third kappa shape index (κ3) is 5.19. The lowest BCUT2D eigenvalue weighted by molar-refractivity contribution is 0.669. The molecule has 0 amide bonds. The van der Waals surface area contributed by atoms with Gasteiger partial charge in [-0.05, 0) is 41.5 Å². The fourth-order valence-electron chi connectivity index (χ4n) is 7.67. The zero-order valence-electron chi connectivity index (χ0n) is 29.4. The van der Waals surface area contributed by atoms with E-state index in [2.05, 4.69) is 41.0 Å². The van der Waals surface area contributed by atoms with Gasteiger partial charge in [-0.3, -0.25) is 0 Å². The van der Waals surface area contributed by atoms with Gasteiger partial charge in [0.2, 0.25) is 0 Å². The standard InChI is InChI=1S/C45H23B5N4O/c46-37-35(38(47)40(49)41(50)39(37)48)26-21-22-28-27-15-7-8-18-31(27)54(33(28)23-26)32-19-10-20-34-36(32)29-16-9-17-30(42(29)55-34)45-52-43(24-11-3-1-4-12-24)51-44(53-45)25-13-5-2-6-14-25/h1-23H. The van der Waals surface area contributed by atoms with Crippen LogP contribution in [0.25, 0.3) is 94.7 Å². The fraction of sp³-hybridized carbons (Fsp3) is 0. The number of fused-ring (bicyclic) bond motifs is 6. The molecular formula is C45H23B5N4O. The van der Waals surface area contributed by atoms with E-state index < -0.39 is 0 Å². The predicted molar refractivity (Wildman–Crippen MR) is 230 cm³/mol. The highest BCUT2D eigenvalue weighted by Gasteiger charge is 2.22. The Labute approximate surface area is 323 Å². The summed E-state index contributed by atoms with van der Waals surface area (Å²) in [6.45, 7) is 0. The topological polar surface area (TPSA) is 56.7 Å². The Balaban J connectivity index is 1.23. The van der Waals surface area contributed by atoms with Gasteiger partial charge < -0.3 is 8.98 Å². The lowest BCUT2D eigenvalue weighted by atomic mass is 9.59. The number of aromatic nitrogens is 4. The monoisotopic (exact) mass is 690 g/mol. The van der Waals surface area contributed by atoms with Gasteiger partial charge >= 0.3 is 0 Å². The number of nitrogens with zero attached hydrogens (tertiary/aromatic N) is 4.